The maximum Gasteiger partial charge on any atom is 0.309 e. The highest BCUT2D eigenvalue weighted by Gasteiger charge is 2.70. The van der Waals surface area contributed by atoms with Gasteiger partial charge in [0.2, 0.25) is 5.91 Å². The second kappa shape index (κ2) is 13.3. The van der Waals surface area contributed by atoms with E-state index >= 15 is 0 Å². The number of amides is 1. The van der Waals surface area contributed by atoms with Gasteiger partial charge in [-0.1, -0.05) is 76.6 Å². The van der Waals surface area contributed by atoms with Crippen molar-refractivity contribution in [3.8, 4) is 0 Å². The number of hydrogen-bond donors (Lipinski definition) is 2. The highest BCUT2D eigenvalue weighted by Crippen LogP contribution is 2.76. The van der Waals surface area contributed by atoms with E-state index in [-0.39, 0.29) is 46.1 Å². The smallest absolute Gasteiger partial charge is 0.309 e. The Labute approximate surface area is 308 Å². The number of fused-ring (bicyclic) bond motifs is 7. The molecule has 6 heteroatoms. The van der Waals surface area contributed by atoms with Gasteiger partial charge >= 0.3 is 11.9 Å². The lowest BCUT2D eigenvalue weighted by Crippen LogP contribution is -2.66. The number of carbonyl (C=O) groups excluding carboxylic acids is 2. The molecule has 0 spiro atoms. The Morgan fingerprint density at radius 1 is 0.961 bits per heavy atom. The molecule has 0 aliphatic heterocycles. The van der Waals surface area contributed by atoms with Crippen LogP contribution in [0.2, 0.25) is 0 Å². The third-order valence-electron chi connectivity index (χ3n) is 16.6. The summed E-state index contributed by atoms with van der Waals surface area (Å²) < 4.78 is 6.18. The van der Waals surface area contributed by atoms with Gasteiger partial charge in [0.05, 0.1) is 11.8 Å². The number of allylic oxidation sites excluding steroid dienone is 1. The van der Waals surface area contributed by atoms with Crippen molar-refractivity contribution in [2.45, 2.75) is 146 Å². The molecule has 5 aliphatic rings. The van der Waals surface area contributed by atoms with Crippen LogP contribution in [0.4, 0.5) is 0 Å². The van der Waals surface area contributed by atoms with Crippen molar-refractivity contribution in [3.05, 3.63) is 47.5 Å². The fraction of sp³-hybridized carbons (Fsp3) is 0.756. The molecule has 5 saturated carbocycles. The average Bonchev–Trinajstić information content (AvgIpc) is 3.40. The normalized spacial score (nSPS) is 39.8. The van der Waals surface area contributed by atoms with Crippen molar-refractivity contribution in [2.24, 2.45) is 68.5 Å². The van der Waals surface area contributed by atoms with Crippen molar-refractivity contribution < 1.29 is 24.2 Å². The van der Waals surface area contributed by atoms with E-state index in [0.29, 0.717) is 54.4 Å². The van der Waals surface area contributed by atoms with Gasteiger partial charge in [-0.2, -0.15) is 0 Å². The Balaban J connectivity index is 1.18. The highest BCUT2D eigenvalue weighted by molar-refractivity contribution is 5.81. The van der Waals surface area contributed by atoms with Gasteiger partial charge < -0.3 is 15.2 Å². The number of ether oxygens (including phenoxy) is 1. The van der Waals surface area contributed by atoms with Gasteiger partial charge in [-0.3, -0.25) is 14.4 Å². The van der Waals surface area contributed by atoms with E-state index in [1.807, 2.05) is 0 Å². The number of carbonyl (C=O) groups is 3. The Morgan fingerprint density at radius 2 is 1.67 bits per heavy atom. The van der Waals surface area contributed by atoms with Crippen molar-refractivity contribution in [2.75, 3.05) is 0 Å². The maximum atomic E-state index is 13.4. The first-order valence-corrected chi connectivity index (χ1v) is 20.1. The van der Waals surface area contributed by atoms with Crippen LogP contribution in [0.15, 0.2) is 36.4 Å². The lowest BCUT2D eigenvalue weighted by Gasteiger charge is -2.72. The second-order valence-corrected chi connectivity index (χ2v) is 20.1. The number of rotatable bonds is 9. The van der Waals surface area contributed by atoms with Gasteiger partial charge in [0.15, 0.2) is 0 Å². The van der Waals surface area contributed by atoms with Crippen LogP contribution in [0.25, 0.3) is 0 Å². The zero-order valence-electron chi connectivity index (χ0n) is 33.2. The molecule has 0 heterocycles. The molecule has 6 rings (SSSR count). The molecule has 2 N–H and O–H groups in total. The van der Waals surface area contributed by atoms with Gasteiger partial charge in [-0.25, -0.2) is 0 Å². The average molecular weight is 702 g/mol. The number of aryl methyl sites for hydroxylation is 1. The Morgan fingerprint density at radius 3 is 2.33 bits per heavy atom. The van der Waals surface area contributed by atoms with Crippen LogP contribution in [0, 0.1) is 75.4 Å². The minimum absolute atomic E-state index is 0.108. The Hall–Kier alpha value is -2.63. The van der Waals surface area contributed by atoms with E-state index in [9.17, 15) is 19.5 Å². The van der Waals surface area contributed by atoms with Crippen molar-refractivity contribution in [3.63, 3.8) is 0 Å². The van der Waals surface area contributed by atoms with E-state index < -0.39 is 11.4 Å². The molecule has 1 amide bonds. The molecule has 11 atom stereocenters. The predicted molar refractivity (Wildman–Crippen MR) is 202 cm³/mol. The molecule has 0 bridgehead atoms. The molecule has 5 fully saturated rings. The van der Waals surface area contributed by atoms with Crippen LogP contribution >= 0.6 is 0 Å². The SMILES string of the molecule is C=C(C)[C@@H]1C[C@@H](CC(=O)NCc2cccc(C)c2)C2CC[C@]3(C)[C@H](CC[C@@H]4[C@@]5(C)CC[C@H](OC(=O)CC(C)(C)C(=O)O)C(C)(C)[C@@H]5CC[C@]43C)[C@H]21. The Bertz CT molecular complexity index is 1540. The van der Waals surface area contributed by atoms with Gasteiger partial charge in [-0.05, 0) is 149 Å². The van der Waals surface area contributed by atoms with Crippen molar-refractivity contribution in [1.29, 1.82) is 0 Å². The molecule has 282 valence electrons. The molecule has 0 saturated heterocycles. The van der Waals surface area contributed by atoms with Gasteiger partial charge in [0, 0.05) is 18.4 Å². The first kappa shape index (κ1) is 38.1. The number of hydrogen-bond acceptors (Lipinski definition) is 4. The molecule has 0 aromatic heterocycles. The van der Waals surface area contributed by atoms with Gasteiger partial charge in [-0.15, -0.1) is 0 Å². The van der Waals surface area contributed by atoms with Crippen LogP contribution in [0.5, 0.6) is 0 Å². The molecular formula is C45H67NO5. The largest absolute Gasteiger partial charge is 0.481 e. The predicted octanol–water partition coefficient (Wildman–Crippen LogP) is 9.93. The highest BCUT2D eigenvalue weighted by atomic mass is 16.5. The number of carboxylic acid groups (broad SMARTS) is 1. The van der Waals surface area contributed by atoms with E-state index in [4.69, 9.17) is 4.74 Å². The van der Waals surface area contributed by atoms with Gasteiger partial charge in [0.25, 0.3) is 0 Å². The molecule has 1 aromatic carbocycles. The van der Waals surface area contributed by atoms with Crippen molar-refractivity contribution >= 4 is 17.8 Å². The minimum atomic E-state index is -1.14. The molecule has 1 aromatic rings. The third kappa shape index (κ3) is 6.41. The summed E-state index contributed by atoms with van der Waals surface area (Å²) in [7, 11) is 0. The fourth-order valence-corrected chi connectivity index (χ4v) is 13.7. The van der Waals surface area contributed by atoms with Crippen LogP contribution in [0.1, 0.15) is 137 Å². The number of nitrogens with one attached hydrogen (secondary N) is 1. The monoisotopic (exact) mass is 702 g/mol. The zero-order valence-corrected chi connectivity index (χ0v) is 33.2. The second-order valence-electron chi connectivity index (χ2n) is 20.1. The summed E-state index contributed by atoms with van der Waals surface area (Å²) in [5, 5.41) is 12.9. The first-order chi connectivity index (χ1) is 23.7. The lowest BCUT2D eigenvalue weighted by atomic mass is 9.33. The molecule has 0 radical (unpaired) electrons. The van der Waals surface area contributed by atoms with E-state index in [1.165, 1.54) is 43.2 Å². The summed E-state index contributed by atoms with van der Waals surface area (Å²) in [5.74, 6) is 2.59. The van der Waals surface area contributed by atoms with Crippen LogP contribution in [-0.2, 0) is 25.7 Å². The fourth-order valence-electron chi connectivity index (χ4n) is 13.7. The summed E-state index contributed by atoms with van der Waals surface area (Å²) in [6.07, 6.45) is 10.5. The summed E-state index contributed by atoms with van der Waals surface area (Å²) in [4.78, 5) is 38.2. The molecule has 51 heavy (non-hydrogen) atoms. The summed E-state index contributed by atoms with van der Waals surface area (Å²) in [5.41, 5.74) is 2.98. The number of aliphatic carboxylic acids is 1. The van der Waals surface area contributed by atoms with E-state index in [2.05, 4.69) is 84.6 Å². The topological polar surface area (TPSA) is 92.7 Å². The van der Waals surface area contributed by atoms with Crippen LogP contribution < -0.4 is 5.32 Å². The minimum Gasteiger partial charge on any atom is -0.481 e. The number of esters is 1. The standard InChI is InChI=1S/C45H67NO5/c1-27(2)32-23-30(24-37(47)46-26-29-13-11-12-28(3)22-29)31-16-20-44(9)33(39(31)32)14-15-35-43(8)19-18-36(51-38(48)25-41(4,5)40(49)50)42(6,7)34(43)17-21-45(35,44)10/h11-13,22,30-36,39H,1,14-21,23-26H2,2-10H3,(H,46,47)(H,49,50)/t30-,31?,32-,33+,34-,35+,36-,39+,43-,44+,45+/m0/s1. The van der Waals surface area contributed by atoms with E-state index in [0.717, 1.165) is 31.2 Å². The van der Waals surface area contributed by atoms with Crippen molar-refractivity contribution in [1.82, 2.24) is 5.32 Å². The molecule has 1 unspecified atom stereocenters. The molecule has 6 nitrogen and oxygen atoms in total. The summed E-state index contributed by atoms with van der Waals surface area (Å²) >= 11 is 0. The third-order valence-corrected chi connectivity index (χ3v) is 16.6. The lowest BCUT2D eigenvalue weighted by molar-refractivity contribution is -0.245. The summed E-state index contributed by atoms with van der Waals surface area (Å²) in [6.45, 7) is 25.2. The van der Waals surface area contributed by atoms with E-state index in [1.54, 1.807) is 13.8 Å². The maximum absolute atomic E-state index is 13.4. The van der Waals surface area contributed by atoms with Gasteiger partial charge in [0.1, 0.15) is 6.10 Å². The first-order valence-electron chi connectivity index (χ1n) is 20.1. The Kier molecular flexibility index (Phi) is 9.97. The summed E-state index contributed by atoms with van der Waals surface area (Å²) in [6, 6.07) is 8.41. The molecular weight excluding hydrogens is 634 g/mol. The number of benzene rings is 1. The zero-order chi connectivity index (χ0) is 37.3. The quantitative estimate of drug-likeness (QED) is 0.198. The van der Waals surface area contributed by atoms with Crippen LogP contribution in [0.3, 0.4) is 0 Å². The molecule has 5 aliphatic carbocycles. The number of carboxylic acids is 1. The van der Waals surface area contributed by atoms with Crippen LogP contribution in [-0.4, -0.2) is 29.1 Å².